The lowest BCUT2D eigenvalue weighted by Crippen LogP contribution is -2.40. The number of carbonyl (C=O) groups excluding carboxylic acids is 1. The molecule has 0 bridgehead atoms. The second-order valence-electron chi connectivity index (χ2n) is 7.23. The number of carbonyl (C=O) groups is 1. The van der Waals surface area contributed by atoms with Gasteiger partial charge in [0.25, 0.3) is 0 Å². The van der Waals surface area contributed by atoms with Crippen molar-refractivity contribution in [3.8, 4) is 0 Å². The number of anilines is 1. The van der Waals surface area contributed by atoms with E-state index in [1.807, 2.05) is 24.3 Å². The minimum absolute atomic E-state index is 0.238. The number of nitrogens with zero attached hydrogens (tertiary/aromatic N) is 2. The van der Waals surface area contributed by atoms with E-state index in [9.17, 15) is 17.6 Å². The van der Waals surface area contributed by atoms with Gasteiger partial charge in [0.15, 0.2) is 0 Å². The predicted octanol–water partition coefficient (Wildman–Crippen LogP) is 1.74. The SMILES string of the molecule is CS(=O)(=O)N(CC(=O)NCc1ccc(CN2CCOCC2)cc1)c1ccc(F)cc1. The van der Waals surface area contributed by atoms with Crippen LogP contribution in [0.15, 0.2) is 48.5 Å². The summed E-state index contributed by atoms with van der Waals surface area (Å²) in [6, 6.07) is 12.9. The first-order chi connectivity index (χ1) is 14.3. The molecule has 0 atom stereocenters. The van der Waals surface area contributed by atoms with Gasteiger partial charge in [-0.05, 0) is 35.4 Å². The lowest BCUT2D eigenvalue weighted by molar-refractivity contribution is -0.119. The molecule has 0 aliphatic carbocycles. The van der Waals surface area contributed by atoms with Gasteiger partial charge in [-0.3, -0.25) is 14.0 Å². The molecule has 1 amide bonds. The van der Waals surface area contributed by atoms with Crippen molar-refractivity contribution in [1.29, 1.82) is 0 Å². The molecule has 1 fully saturated rings. The summed E-state index contributed by atoms with van der Waals surface area (Å²) in [6.07, 6.45) is 1.01. The summed E-state index contributed by atoms with van der Waals surface area (Å²) in [5.74, 6) is -0.920. The van der Waals surface area contributed by atoms with Gasteiger partial charge in [0, 0.05) is 26.2 Å². The van der Waals surface area contributed by atoms with Gasteiger partial charge in [-0.2, -0.15) is 0 Å². The summed E-state index contributed by atoms with van der Waals surface area (Å²) in [7, 11) is -3.69. The highest BCUT2D eigenvalue weighted by molar-refractivity contribution is 7.92. The predicted molar refractivity (Wildman–Crippen MR) is 113 cm³/mol. The Kier molecular flexibility index (Phi) is 7.41. The Labute approximate surface area is 176 Å². The quantitative estimate of drug-likeness (QED) is 0.683. The summed E-state index contributed by atoms with van der Waals surface area (Å²) in [4.78, 5) is 14.7. The van der Waals surface area contributed by atoms with Crippen LogP contribution in [0.4, 0.5) is 10.1 Å². The van der Waals surface area contributed by atoms with Crippen molar-refractivity contribution < 1.29 is 22.3 Å². The van der Waals surface area contributed by atoms with Crippen molar-refractivity contribution in [3.63, 3.8) is 0 Å². The molecule has 2 aromatic rings. The van der Waals surface area contributed by atoms with Crippen LogP contribution in [0.5, 0.6) is 0 Å². The van der Waals surface area contributed by atoms with E-state index in [-0.39, 0.29) is 18.8 Å². The van der Waals surface area contributed by atoms with Gasteiger partial charge >= 0.3 is 0 Å². The van der Waals surface area contributed by atoms with Gasteiger partial charge in [0.2, 0.25) is 15.9 Å². The largest absolute Gasteiger partial charge is 0.379 e. The third-order valence-corrected chi connectivity index (χ3v) is 5.97. The van der Waals surface area contributed by atoms with Gasteiger partial charge in [0.05, 0.1) is 25.2 Å². The van der Waals surface area contributed by atoms with Crippen LogP contribution in [0.25, 0.3) is 0 Å². The third-order valence-electron chi connectivity index (χ3n) is 4.82. The first kappa shape index (κ1) is 22.2. The van der Waals surface area contributed by atoms with Gasteiger partial charge in [0.1, 0.15) is 12.4 Å². The summed E-state index contributed by atoms with van der Waals surface area (Å²) < 4.78 is 43.6. The van der Waals surface area contributed by atoms with Crippen molar-refractivity contribution in [2.24, 2.45) is 0 Å². The molecule has 0 saturated carbocycles. The number of morpholine rings is 1. The maximum atomic E-state index is 13.1. The standard InChI is InChI=1S/C21H26FN3O4S/c1-30(27,28)25(20-8-6-19(22)7-9-20)16-21(26)23-14-17-2-4-18(5-3-17)15-24-10-12-29-13-11-24/h2-9H,10-16H2,1H3,(H,23,26). The smallest absolute Gasteiger partial charge is 0.241 e. The van der Waals surface area contributed by atoms with Crippen LogP contribution in [-0.4, -0.2) is 58.3 Å². The molecule has 0 spiro atoms. The van der Waals surface area contributed by atoms with E-state index in [0.29, 0.717) is 0 Å². The maximum absolute atomic E-state index is 13.1. The molecule has 7 nitrogen and oxygen atoms in total. The summed E-state index contributed by atoms with van der Waals surface area (Å²) >= 11 is 0. The number of hydrogen-bond acceptors (Lipinski definition) is 5. The average molecular weight is 436 g/mol. The zero-order valence-corrected chi connectivity index (χ0v) is 17.7. The second kappa shape index (κ2) is 10.0. The number of rotatable bonds is 8. The lowest BCUT2D eigenvalue weighted by atomic mass is 10.1. The fraction of sp³-hybridized carbons (Fsp3) is 0.381. The molecule has 1 heterocycles. The first-order valence-electron chi connectivity index (χ1n) is 9.69. The van der Waals surface area contributed by atoms with Crippen LogP contribution in [0, 0.1) is 5.82 Å². The minimum Gasteiger partial charge on any atom is -0.379 e. The van der Waals surface area contributed by atoms with E-state index in [2.05, 4.69) is 10.2 Å². The first-order valence-corrected chi connectivity index (χ1v) is 11.5. The number of sulfonamides is 1. The van der Waals surface area contributed by atoms with E-state index in [4.69, 9.17) is 4.74 Å². The van der Waals surface area contributed by atoms with Gasteiger partial charge in [-0.15, -0.1) is 0 Å². The van der Waals surface area contributed by atoms with Crippen molar-refractivity contribution in [1.82, 2.24) is 10.2 Å². The summed E-state index contributed by atoms with van der Waals surface area (Å²) in [6.45, 7) is 4.12. The van der Waals surface area contributed by atoms with E-state index in [1.54, 1.807) is 0 Å². The Morgan fingerprint density at radius 3 is 2.27 bits per heavy atom. The molecule has 3 rings (SSSR count). The van der Waals surface area contributed by atoms with Crippen LogP contribution in [0.2, 0.25) is 0 Å². The molecule has 9 heteroatoms. The van der Waals surface area contributed by atoms with Crippen LogP contribution >= 0.6 is 0 Å². The number of nitrogens with one attached hydrogen (secondary N) is 1. The monoisotopic (exact) mass is 435 g/mol. The highest BCUT2D eigenvalue weighted by atomic mass is 32.2. The topological polar surface area (TPSA) is 79.0 Å². The zero-order chi connectivity index (χ0) is 21.6. The van der Waals surface area contributed by atoms with E-state index in [0.717, 1.165) is 61.1 Å². The molecule has 1 saturated heterocycles. The lowest BCUT2D eigenvalue weighted by Gasteiger charge is -2.26. The molecule has 0 aromatic heterocycles. The number of hydrogen-bond donors (Lipinski definition) is 1. The number of halogens is 1. The highest BCUT2D eigenvalue weighted by Crippen LogP contribution is 2.17. The Balaban J connectivity index is 1.54. The molecule has 30 heavy (non-hydrogen) atoms. The van der Waals surface area contributed by atoms with Gasteiger partial charge in [-0.25, -0.2) is 12.8 Å². The van der Waals surface area contributed by atoms with Crippen molar-refractivity contribution in [2.75, 3.05) is 43.4 Å². The molecule has 1 aliphatic rings. The summed E-state index contributed by atoms with van der Waals surface area (Å²) in [5.41, 5.74) is 2.34. The fourth-order valence-corrected chi connectivity index (χ4v) is 4.03. The molecule has 162 valence electrons. The maximum Gasteiger partial charge on any atom is 0.241 e. The van der Waals surface area contributed by atoms with Crippen molar-refractivity contribution >= 4 is 21.6 Å². The molecule has 2 aromatic carbocycles. The van der Waals surface area contributed by atoms with Crippen molar-refractivity contribution in [3.05, 3.63) is 65.5 Å². The van der Waals surface area contributed by atoms with E-state index in [1.165, 1.54) is 17.7 Å². The molecule has 1 aliphatic heterocycles. The highest BCUT2D eigenvalue weighted by Gasteiger charge is 2.20. The Morgan fingerprint density at radius 2 is 1.67 bits per heavy atom. The Morgan fingerprint density at radius 1 is 1.07 bits per heavy atom. The molecule has 0 radical (unpaired) electrons. The average Bonchev–Trinajstić information content (AvgIpc) is 2.72. The minimum atomic E-state index is -3.69. The molecular weight excluding hydrogens is 409 g/mol. The third kappa shape index (κ3) is 6.51. The summed E-state index contributed by atoms with van der Waals surface area (Å²) in [5, 5.41) is 2.74. The molecular formula is C21H26FN3O4S. The normalized spacial score (nSPS) is 15.0. The number of amides is 1. The number of ether oxygens (including phenoxy) is 1. The Bertz CT molecular complexity index is 943. The van der Waals surface area contributed by atoms with Crippen LogP contribution in [-0.2, 0) is 32.6 Å². The van der Waals surface area contributed by atoms with Gasteiger partial charge in [-0.1, -0.05) is 24.3 Å². The van der Waals surface area contributed by atoms with Crippen molar-refractivity contribution in [2.45, 2.75) is 13.1 Å². The van der Waals surface area contributed by atoms with Gasteiger partial charge < -0.3 is 10.1 Å². The second-order valence-corrected chi connectivity index (χ2v) is 9.13. The van der Waals surface area contributed by atoms with Crippen LogP contribution in [0.1, 0.15) is 11.1 Å². The van der Waals surface area contributed by atoms with Crippen LogP contribution < -0.4 is 9.62 Å². The fourth-order valence-electron chi connectivity index (χ4n) is 3.17. The van der Waals surface area contributed by atoms with E-state index < -0.39 is 21.7 Å². The van der Waals surface area contributed by atoms with E-state index >= 15 is 0 Å². The van der Waals surface area contributed by atoms with Crippen LogP contribution in [0.3, 0.4) is 0 Å². The molecule has 0 unspecified atom stereocenters. The number of benzene rings is 2. The molecule has 1 N–H and O–H groups in total. The Hall–Kier alpha value is -2.49. The zero-order valence-electron chi connectivity index (χ0n) is 16.9.